The van der Waals surface area contributed by atoms with Crippen LogP contribution in [0.25, 0.3) is 0 Å². The second kappa shape index (κ2) is 9.64. The molecule has 8 nitrogen and oxygen atoms in total. The summed E-state index contributed by atoms with van der Waals surface area (Å²) in [6.45, 7) is 1.26. The molecule has 1 atom stereocenters. The van der Waals surface area contributed by atoms with E-state index in [1.807, 2.05) is 6.07 Å². The fourth-order valence-electron chi connectivity index (χ4n) is 2.15. The molecule has 2 aromatic carbocycles. The van der Waals surface area contributed by atoms with Crippen molar-refractivity contribution in [2.45, 2.75) is 24.3 Å². The highest BCUT2D eigenvalue weighted by Crippen LogP contribution is 2.10. The third kappa shape index (κ3) is 6.19. The molecule has 28 heavy (non-hydrogen) atoms. The van der Waals surface area contributed by atoms with E-state index in [2.05, 4.69) is 10.0 Å². The van der Waals surface area contributed by atoms with Crippen molar-refractivity contribution in [3.8, 4) is 6.07 Å². The number of nitriles is 1. The largest absolute Gasteiger partial charge is 0.452 e. The van der Waals surface area contributed by atoms with E-state index < -0.39 is 28.0 Å². The smallest absolute Gasteiger partial charge is 0.307 e. The Bertz CT molecular complexity index is 967. The predicted molar refractivity (Wildman–Crippen MR) is 102 cm³/mol. The van der Waals surface area contributed by atoms with Gasteiger partial charge in [0.1, 0.15) is 0 Å². The van der Waals surface area contributed by atoms with Crippen LogP contribution in [0.1, 0.15) is 18.9 Å². The number of sulfonamides is 1. The topological polar surface area (TPSA) is 125 Å². The standard InChI is InChI=1S/C19H19N3O5S/c1-14(19(24)22-16-9-7-15(13-20)8-10-16)27-18(23)11-12-21-28(25,26)17-5-3-2-4-6-17/h2-10,14,21H,11-12H2,1H3,(H,22,24)/t14-/m0/s1. The number of carbonyl (C=O) groups excluding carboxylic acids is 2. The minimum Gasteiger partial charge on any atom is -0.452 e. The monoisotopic (exact) mass is 401 g/mol. The Morgan fingerprint density at radius 2 is 1.75 bits per heavy atom. The molecule has 0 aliphatic carbocycles. The summed E-state index contributed by atoms with van der Waals surface area (Å²) in [6, 6.07) is 15.9. The number of benzene rings is 2. The summed E-state index contributed by atoms with van der Waals surface area (Å²) in [6.07, 6.45) is -1.28. The van der Waals surface area contributed by atoms with E-state index in [-0.39, 0.29) is 17.9 Å². The average molecular weight is 401 g/mol. The molecule has 146 valence electrons. The van der Waals surface area contributed by atoms with Crippen molar-refractivity contribution in [3.63, 3.8) is 0 Å². The van der Waals surface area contributed by atoms with Crippen LogP contribution in [0, 0.1) is 11.3 Å². The molecular weight excluding hydrogens is 382 g/mol. The number of anilines is 1. The molecule has 0 radical (unpaired) electrons. The minimum absolute atomic E-state index is 0.0959. The number of esters is 1. The van der Waals surface area contributed by atoms with Gasteiger partial charge in [-0.1, -0.05) is 18.2 Å². The second-order valence-corrected chi connectivity index (χ2v) is 7.54. The van der Waals surface area contributed by atoms with Crippen LogP contribution in [0.5, 0.6) is 0 Å². The molecule has 2 aromatic rings. The summed E-state index contributed by atoms with van der Waals surface area (Å²) < 4.78 is 31.4. The van der Waals surface area contributed by atoms with Crippen LogP contribution in [-0.4, -0.2) is 32.9 Å². The number of ether oxygens (including phenoxy) is 1. The second-order valence-electron chi connectivity index (χ2n) is 5.77. The van der Waals surface area contributed by atoms with Gasteiger partial charge in [0.05, 0.1) is 22.9 Å². The van der Waals surface area contributed by atoms with Gasteiger partial charge < -0.3 is 10.1 Å². The zero-order valence-corrected chi connectivity index (χ0v) is 15.9. The van der Waals surface area contributed by atoms with Gasteiger partial charge in [-0.3, -0.25) is 9.59 Å². The first kappa shape index (κ1) is 21.1. The lowest BCUT2D eigenvalue weighted by Gasteiger charge is -2.14. The Morgan fingerprint density at radius 3 is 2.36 bits per heavy atom. The maximum absolute atomic E-state index is 12.1. The van der Waals surface area contributed by atoms with E-state index in [9.17, 15) is 18.0 Å². The molecule has 0 aliphatic heterocycles. The minimum atomic E-state index is -3.71. The molecule has 0 saturated carbocycles. The van der Waals surface area contributed by atoms with E-state index in [0.717, 1.165) is 0 Å². The lowest BCUT2D eigenvalue weighted by molar-refractivity contribution is -0.152. The summed E-state index contributed by atoms with van der Waals surface area (Å²) >= 11 is 0. The van der Waals surface area contributed by atoms with Crippen LogP contribution in [0.4, 0.5) is 5.69 Å². The van der Waals surface area contributed by atoms with Crippen molar-refractivity contribution in [3.05, 3.63) is 60.2 Å². The van der Waals surface area contributed by atoms with Gasteiger partial charge >= 0.3 is 5.97 Å². The Labute approximate surface area is 163 Å². The lowest BCUT2D eigenvalue weighted by Crippen LogP contribution is -2.32. The molecule has 0 aromatic heterocycles. The first-order chi connectivity index (χ1) is 13.3. The van der Waals surface area contributed by atoms with Crippen LogP contribution in [-0.2, 0) is 24.3 Å². The maximum Gasteiger partial charge on any atom is 0.307 e. The van der Waals surface area contributed by atoms with Gasteiger partial charge in [0.2, 0.25) is 10.0 Å². The summed E-state index contributed by atoms with van der Waals surface area (Å²) in [7, 11) is -3.71. The van der Waals surface area contributed by atoms with E-state index >= 15 is 0 Å². The van der Waals surface area contributed by atoms with Crippen molar-refractivity contribution in [2.75, 3.05) is 11.9 Å². The summed E-state index contributed by atoms with van der Waals surface area (Å²) in [5.41, 5.74) is 0.915. The third-order valence-corrected chi connectivity index (χ3v) is 5.11. The number of rotatable bonds is 8. The van der Waals surface area contributed by atoms with Gasteiger partial charge in [-0.15, -0.1) is 0 Å². The molecule has 2 N–H and O–H groups in total. The van der Waals surface area contributed by atoms with E-state index in [1.54, 1.807) is 42.5 Å². The molecule has 0 heterocycles. The number of hydrogen-bond donors (Lipinski definition) is 2. The molecule has 0 fully saturated rings. The lowest BCUT2D eigenvalue weighted by atomic mass is 10.2. The third-order valence-electron chi connectivity index (χ3n) is 3.63. The first-order valence-corrected chi connectivity index (χ1v) is 9.85. The average Bonchev–Trinajstić information content (AvgIpc) is 2.69. The molecule has 9 heteroatoms. The van der Waals surface area contributed by atoms with E-state index in [0.29, 0.717) is 11.3 Å². The van der Waals surface area contributed by atoms with Crippen LogP contribution in [0.2, 0.25) is 0 Å². The van der Waals surface area contributed by atoms with Crippen molar-refractivity contribution in [1.82, 2.24) is 4.72 Å². The van der Waals surface area contributed by atoms with Crippen molar-refractivity contribution in [2.24, 2.45) is 0 Å². The number of amides is 1. The Morgan fingerprint density at radius 1 is 1.11 bits per heavy atom. The molecular formula is C19H19N3O5S. The Hall–Kier alpha value is -3.22. The molecule has 0 unspecified atom stereocenters. The van der Waals surface area contributed by atoms with Crippen LogP contribution in [0.3, 0.4) is 0 Å². The van der Waals surface area contributed by atoms with E-state index in [1.165, 1.54) is 19.1 Å². The Balaban J connectivity index is 1.78. The van der Waals surface area contributed by atoms with Gasteiger partial charge in [-0.05, 0) is 43.3 Å². The maximum atomic E-state index is 12.1. The molecule has 0 bridgehead atoms. The molecule has 0 spiro atoms. The normalized spacial score (nSPS) is 11.9. The van der Waals surface area contributed by atoms with Crippen molar-refractivity contribution in [1.29, 1.82) is 5.26 Å². The SMILES string of the molecule is C[C@H](OC(=O)CCNS(=O)(=O)c1ccccc1)C(=O)Nc1ccc(C#N)cc1. The number of carbonyl (C=O) groups is 2. The number of hydrogen-bond acceptors (Lipinski definition) is 6. The van der Waals surface area contributed by atoms with Gasteiger partial charge in [0.25, 0.3) is 5.91 Å². The highest BCUT2D eigenvalue weighted by atomic mass is 32.2. The van der Waals surface area contributed by atoms with E-state index in [4.69, 9.17) is 10.00 Å². The fourth-order valence-corrected chi connectivity index (χ4v) is 3.20. The summed E-state index contributed by atoms with van der Waals surface area (Å²) in [5, 5.41) is 11.3. The quantitative estimate of drug-likeness (QED) is 0.650. The van der Waals surface area contributed by atoms with Gasteiger partial charge in [-0.2, -0.15) is 5.26 Å². The number of nitrogens with one attached hydrogen (secondary N) is 2. The van der Waals surface area contributed by atoms with Gasteiger partial charge in [-0.25, -0.2) is 13.1 Å². The molecule has 2 rings (SSSR count). The van der Waals surface area contributed by atoms with Crippen molar-refractivity contribution >= 4 is 27.6 Å². The van der Waals surface area contributed by atoms with Crippen LogP contribution in [0.15, 0.2) is 59.5 Å². The van der Waals surface area contributed by atoms with Gasteiger partial charge in [0, 0.05) is 12.2 Å². The predicted octanol–water partition coefficient (Wildman–Crippen LogP) is 1.80. The van der Waals surface area contributed by atoms with Gasteiger partial charge in [0.15, 0.2) is 6.10 Å². The molecule has 1 amide bonds. The van der Waals surface area contributed by atoms with Crippen LogP contribution < -0.4 is 10.0 Å². The van der Waals surface area contributed by atoms with Crippen LogP contribution >= 0.6 is 0 Å². The highest BCUT2D eigenvalue weighted by Gasteiger charge is 2.19. The highest BCUT2D eigenvalue weighted by molar-refractivity contribution is 7.89. The zero-order chi connectivity index (χ0) is 20.6. The number of nitrogens with zero attached hydrogens (tertiary/aromatic N) is 1. The molecule has 0 aliphatic rings. The summed E-state index contributed by atoms with van der Waals surface area (Å²) in [5.74, 6) is -1.25. The Kier molecular flexibility index (Phi) is 7.26. The fraction of sp³-hybridized carbons (Fsp3) is 0.211. The van der Waals surface area contributed by atoms with Crippen molar-refractivity contribution < 1.29 is 22.7 Å². The molecule has 0 saturated heterocycles. The summed E-state index contributed by atoms with van der Waals surface area (Å²) in [4.78, 5) is 24.0. The zero-order valence-electron chi connectivity index (χ0n) is 15.1. The first-order valence-electron chi connectivity index (χ1n) is 8.37.